The lowest BCUT2D eigenvalue weighted by Gasteiger charge is -2.15. The van der Waals surface area contributed by atoms with Crippen molar-refractivity contribution < 1.29 is 8.42 Å². The first kappa shape index (κ1) is 15.7. The molecule has 1 aromatic heterocycles. The minimum atomic E-state index is -3.47. The van der Waals surface area contributed by atoms with Gasteiger partial charge < -0.3 is 4.98 Å². The predicted octanol–water partition coefficient (Wildman–Crippen LogP) is 2.23. The first-order valence-electron chi connectivity index (χ1n) is 7.08. The van der Waals surface area contributed by atoms with Gasteiger partial charge in [0.2, 0.25) is 0 Å². The molecule has 1 heterocycles. The van der Waals surface area contributed by atoms with Crippen LogP contribution in [0, 0.1) is 0 Å². The van der Waals surface area contributed by atoms with E-state index in [1.165, 1.54) is 16.1 Å². The molecule has 0 spiro atoms. The SMILES string of the molecule is CCc1ncc(S(=O)(=O)N(C)CCCc2ccccc2)[nH]1. The van der Waals surface area contributed by atoms with Crippen LogP contribution in [0.15, 0.2) is 41.6 Å². The third kappa shape index (κ3) is 3.92. The van der Waals surface area contributed by atoms with Crippen molar-refractivity contribution >= 4 is 10.0 Å². The van der Waals surface area contributed by atoms with Crippen LogP contribution >= 0.6 is 0 Å². The third-order valence-electron chi connectivity index (χ3n) is 3.41. The maximum atomic E-state index is 12.4. The number of benzene rings is 1. The average molecular weight is 307 g/mol. The summed E-state index contributed by atoms with van der Waals surface area (Å²) in [7, 11) is -1.86. The number of hydrogen-bond donors (Lipinski definition) is 1. The number of aromatic amines is 1. The van der Waals surface area contributed by atoms with Gasteiger partial charge in [0.1, 0.15) is 5.82 Å². The van der Waals surface area contributed by atoms with Crippen LogP contribution in [-0.2, 0) is 22.9 Å². The molecule has 0 amide bonds. The average Bonchev–Trinajstić information content (AvgIpc) is 2.98. The monoisotopic (exact) mass is 307 g/mol. The summed E-state index contributed by atoms with van der Waals surface area (Å²) in [6.07, 6.45) is 3.73. The summed E-state index contributed by atoms with van der Waals surface area (Å²) in [6.45, 7) is 2.41. The van der Waals surface area contributed by atoms with Crippen molar-refractivity contribution in [1.29, 1.82) is 0 Å². The van der Waals surface area contributed by atoms with Crippen LogP contribution in [-0.4, -0.2) is 36.3 Å². The maximum absolute atomic E-state index is 12.4. The van der Waals surface area contributed by atoms with E-state index in [2.05, 4.69) is 22.1 Å². The molecule has 1 N–H and O–H groups in total. The lowest BCUT2D eigenvalue weighted by Crippen LogP contribution is -2.28. The predicted molar refractivity (Wildman–Crippen MR) is 82.5 cm³/mol. The van der Waals surface area contributed by atoms with Crippen LogP contribution in [0.5, 0.6) is 0 Å². The fraction of sp³-hybridized carbons (Fsp3) is 0.400. The smallest absolute Gasteiger partial charge is 0.259 e. The molecule has 0 aliphatic carbocycles. The Hall–Kier alpha value is -1.66. The van der Waals surface area contributed by atoms with Crippen molar-refractivity contribution in [2.24, 2.45) is 0 Å². The molecule has 1 aromatic carbocycles. The number of H-pyrrole nitrogens is 1. The van der Waals surface area contributed by atoms with Crippen molar-refractivity contribution in [2.45, 2.75) is 31.2 Å². The van der Waals surface area contributed by atoms with Gasteiger partial charge in [-0.05, 0) is 18.4 Å². The molecular weight excluding hydrogens is 286 g/mol. The normalized spacial score (nSPS) is 12.0. The summed E-state index contributed by atoms with van der Waals surface area (Å²) < 4.78 is 26.1. The fourth-order valence-electron chi connectivity index (χ4n) is 2.09. The molecule has 21 heavy (non-hydrogen) atoms. The van der Waals surface area contributed by atoms with E-state index in [0.29, 0.717) is 18.8 Å². The summed E-state index contributed by atoms with van der Waals surface area (Å²) in [5.41, 5.74) is 1.22. The number of nitrogens with zero attached hydrogens (tertiary/aromatic N) is 2. The van der Waals surface area contributed by atoms with Crippen LogP contribution in [0.25, 0.3) is 0 Å². The largest absolute Gasteiger partial charge is 0.332 e. The molecule has 0 saturated heterocycles. The van der Waals surface area contributed by atoms with Gasteiger partial charge in [0.15, 0.2) is 5.03 Å². The van der Waals surface area contributed by atoms with Crippen molar-refractivity contribution in [3.05, 3.63) is 47.9 Å². The first-order valence-corrected chi connectivity index (χ1v) is 8.52. The van der Waals surface area contributed by atoms with E-state index in [4.69, 9.17) is 0 Å². The van der Waals surface area contributed by atoms with Gasteiger partial charge in [0.05, 0.1) is 6.20 Å². The van der Waals surface area contributed by atoms with Crippen LogP contribution in [0.2, 0.25) is 0 Å². The highest BCUT2D eigenvalue weighted by Crippen LogP contribution is 2.13. The Morgan fingerprint density at radius 2 is 1.95 bits per heavy atom. The van der Waals surface area contributed by atoms with E-state index in [1.807, 2.05) is 25.1 Å². The molecule has 0 fully saturated rings. The highest BCUT2D eigenvalue weighted by Gasteiger charge is 2.22. The zero-order valence-electron chi connectivity index (χ0n) is 12.4. The zero-order valence-corrected chi connectivity index (χ0v) is 13.2. The molecular formula is C15H21N3O2S. The van der Waals surface area contributed by atoms with E-state index >= 15 is 0 Å². The second kappa shape index (κ2) is 6.87. The van der Waals surface area contributed by atoms with Crippen LogP contribution in [0.4, 0.5) is 0 Å². The van der Waals surface area contributed by atoms with E-state index in [1.54, 1.807) is 7.05 Å². The van der Waals surface area contributed by atoms with Gasteiger partial charge >= 0.3 is 0 Å². The maximum Gasteiger partial charge on any atom is 0.259 e. The van der Waals surface area contributed by atoms with Gasteiger partial charge in [-0.3, -0.25) is 0 Å². The minimum absolute atomic E-state index is 0.168. The topological polar surface area (TPSA) is 66.1 Å². The molecule has 6 heteroatoms. The summed E-state index contributed by atoms with van der Waals surface area (Å²) in [5, 5.41) is 0.168. The number of rotatable bonds is 7. The molecule has 0 aliphatic heterocycles. The quantitative estimate of drug-likeness (QED) is 0.853. The lowest BCUT2D eigenvalue weighted by atomic mass is 10.1. The van der Waals surface area contributed by atoms with Crippen molar-refractivity contribution in [3.63, 3.8) is 0 Å². The van der Waals surface area contributed by atoms with Crippen LogP contribution < -0.4 is 0 Å². The fourth-order valence-corrected chi connectivity index (χ4v) is 3.23. The molecule has 2 rings (SSSR count). The summed E-state index contributed by atoms with van der Waals surface area (Å²) in [6, 6.07) is 10.1. The Bertz CT molecular complexity index is 665. The van der Waals surface area contributed by atoms with Crippen molar-refractivity contribution in [2.75, 3.05) is 13.6 Å². The molecule has 0 radical (unpaired) electrons. The number of hydrogen-bond acceptors (Lipinski definition) is 3. The van der Waals surface area contributed by atoms with E-state index in [9.17, 15) is 8.42 Å². The summed E-state index contributed by atoms with van der Waals surface area (Å²) in [4.78, 5) is 6.90. The Balaban J connectivity index is 1.94. The number of sulfonamides is 1. The van der Waals surface area contributed by atoms with Gasteiger partial charge in [-0.2, -0.15) is 4.31 Å². The first-order chi connectivity index (χ1) is 10.0. The zero-order chi connectivity index (χ0) is 15.3. The second-order valence-corrected chi connectivity index (χ2v) is 6.98. The molecule has 5 nitrogen and oxygen atoms in total. The van der Waals surface area contributed by atoms with Crippen LogP contribution in [0.1, 0.15) is 24.7 Å². The Kier molecular flexibility index (Phi) is 5.14. The second-order valence-electron chi connectivity index (χ2n) is 4.96. The molecule has 0 unspecified atom stereocenters. The van der Waals surface area contributed by atoms with Crippen LogP contribution in [0.3, 0.4) is 0 Å². The van der Waals surface area contributed by atoms with Crippen molar-refractivity contribution in [1.82, 2.24) is 14.3 Å². The summed E-state index contributed by atoms with van der Waals surface area (Å²) >= 11 is 0. The minimum Gasteiger partial charge on any atom is -0.332 e. The summed E-state index contributed by atoms with van der Waals surface area (Å²) in [5.74, 6) is 0.686. The highest BCUT2D eigenvalue weighted by atomic mass is 32.2. The van der Waals surface area contributed by atoms with E-state index in [-0.39, 0.29) is 5.03 Å². The van der Waals surface area contributed by atoms with Crippen molar-refractivity contribution in [3.8, 4) is 0 Å². The lowest BCUT2D eigenvalue weighted by molar-refractivity contribution is 0.459. The number of imidazole rings is 1. The molecule has 0 atom stereocenters. The van der Waals surface area contributed by atoms with Gasteiger partial charge in [0, 0.05) is 20.0 Å². The molecule has 0 saturated carbocycles. The van der Waals surface area contributed by atoms with Gasteiger partial charge in [-0.25, -0.2) is 13.4 Å². The van der Waals surface area contributed by atoms with Gasteiger partial charge in [-0.1, -0.05) is 37.3 Å². The number of aryl methyl sites for hydroxylation is 2. The molecule has 114 valence electrons. The highest BCUT2D eigenvalue weighted by molar-refractivity contribution is 7.89. The molecule has 0 bridgehead atoms. The number of nitrogens with one attached hydrogen (secondary N) is 1. The number of aromatic nitrogens is 2. The van der Waals surface area contributed by atoms with E-state index in [0.717, 1.165) is 12.8 Å². The third-order valence-corrected chi connectivity index (χ3v) is 5.18. The van der Waals surface area contributed by atoms with Gasteiger partial charge in [0.25, 0.3) is 10.0 Å². The standard InChI is InChI=1S/C15H21N3O2S/c1-3-14-16-12-15(17-14)21(19,20)18(2)11-7-10-13-8-5-4-6-9-13/h4-6,8-9,12H,3,7,10-11H2,1-2H3,(H,16,17). The van der Waals surface area contributed by atoms with Gasteiger partial charge in [-0.15, -0.1) is 0 Å². The van der Waals surface area contributed by atoms with E-state index < -0.39 is 10.0 Å². The molecule has 2 aromatic rings. The Labute approximate surface area is 126 Å². The Morgan fingerprint density at radius 1 is 1.24 bits per heavy atom. The molecule has 0 aliphatic rings. The Morgan fingerprint density at radius 3 is 2.57 bits per heavy atom.